The molecule has 4 aliphatic carbocycles. The topological polar surface area (TPSA) is 267 Å². The van der Waals surface area contributed by atoms with E-state index in [1.54, 1.807) is 20.8 Å². The summed E-state index contributed by atoms with van der Waals surface area (Å²) in [6.07, 6.45) is -4.63. The number of fused-ring (bicyclic) bond motifs is 2. The summed E-state index contributed by atoms with van der Waals surface area (Å²) in [5, 5.41) is 13.0. The van der Waals surface area contributed by atoms with Crippen LogP contribution in [0.3, 0.4) is 0 Å². The van der Waals surface area contributed by atoms with E-state index in [2.05, 4.69) is 26.6 Å². The standard InChI is InChI=1S/C65H100ClF6N11O11/c1-10-36(2)52-61(93)78(6)35-51(85)82-31-27-49(82)56(88)75-47(34-41-19-23-43(24-20-41)64(67,68)69)59(91)80(8)39(5)54(86)74-46(26-22-40-21-25-44(45(66)33-40)65(70,71)72)60(92)83-30-15-18-48(83)57(89)77-63(28-13-14-29-63)62(94)81(9)53(42-16-11-12-17-42)58(90)73-37(3)32-50(84)79(7)38(4)55(87)76-52/h36-49,52-53H,10-35H2,1-9H3,(H,73,90)(H,74,86)(H,75,88)(H,76,87)(H,77,89)/t36-,37+,38-,39+,40?,41?,43?,44?,45?,46-,47-,48-,49-,52-,53-/m0/s1. The summed E-state index contributed by atoms with van der Waals surface area (Å²) >= 11 is 6.36. The SMILES string of the molecule is CC[C@H](C)[C@@H]1NC(=O)[C@H](C)N(C)C(=O)C[C@@H](C)NC(=O)[C@H](C2CCCC2)N(C)C(=O)C2(CCCC2)NC(=O)[C@@H]2CCCN2C(=O)[C@H](CCC2CCC(C(F)(F)F)C(Cl)C2)NC(=O)[C@@H](C)N(C)C(=O)[C@H](CC2CCC(C(F)(F)F)CC2)NC(=O)[C@@H]2CCN2C(=O)CN(C)C1=O. The summed E-state index contributed by atoms with van der Waals surface area (Å²) in [6.45, 7) is 7.55. The predicted molar refractivity (Wildman–Crippen MR) is 334 cm³/mol. The van der Waals surface area contributed by atoms with Gasteiger partial charge < -0.3 is 56.0 Å². The monoisotopic (exact) mass is 1360 g/mol. The van der Waals surface area contributed by atoms with E-state index in [0.29, 0.717) is 38.5 Å². The van der Waals surface area contributed by atoms with Crippen LogP contribution in [-0.2, 0) is 52.7 Å². The third-order valence-electron chi connectivity index (χ3n) is 21.9. The molecule has 3 saturated heterocycles. The summed E-state index contributed by atoms with van der Waals surface area (Å²) in [5.41, 5.74) is -1.51. The molecular formula is C65H100ClF6N11O11. The van der Waals surface area contributed by atoms with Gasteiger partial charge in [0.15, 0.2) is 0 Å². The quantitative estimate of drug-likeness (QED) is 0.145. The molecule has 11 amide bonds. The number of likely N-dealkylation sites (N-methyl/N-ethyl adjacent to an activating group) is 4. The number of nitrogens with zero attached hydrogens (tertiary/aromatic N) is 6. The molecule has 5 N–H and O–H groups in total. The van der Waals surface area contributed by atoms with Crippen molar-refractivity contribution in [2.75, 3.05) is 47.8 Å². The van der Waals surface area contributed by atoms with Gasteiger partial charge in [-0.25, -0.2) is 0 Å². The van der Waals surface area contributed by atoms with Crippen molar-refractivity contribution >= 4 is 76.6 Å². The number of nitrogens with one attached hydrogen (secondary N) is 5. The summed E-state index contributed by atoms with van der Waals surface area (Å²) in [5.74, 6) is -12.4. The summed E-state index contributed by atoms with van der Waals surface area (Å²) in [6, 6.07) is -10.7. The highest BCUT2D eigenvalue weighted by atomic mass is 35.5. The molecule has 0 aromatic carbocycles. The highest BCUT2D eigenvalue weighted by Gasteiger charge is 2.52. The van der Waals surface area contributed by atoms with Crippen LogP contribution in [0.1, 0.15) is 182 Å². The Bertz CT molecular complexity index is 2760. The van der Waals surface area contributed by atoms with E-state index in [1.165, 1.54) is 61.6 Å². The molecule has 3 unspecified atom stereocenters. The van der Waals surface area contributed by atoms with Gasteiger partial charge in [0.1, 0.15) is 53.9 Å². The van der Waals surface area contributed by atoms with E-state index < -0.39 is 179 Å². The average molecular weight is 1360 g/mol. The Balaban J connectivity index is 1.21. The molecule has 0 radical (unpaired) electrons. The fraction of sp³-hybridized carbons (Fsp3) is 0.831. The fourth-order valence-corrected chi connectivity index (χ4v) is 15.8. The lowest BCUT2D eigenvalue weighted by atomic mass is 9.78. The maximum atomic E-state index is 15.2. The Labute approximate surface area is 552 Å². The average Bonchev–Trinajstić information content (AvgIpc) is 1.51. The molecule has 4 saturated carbocycles. The van der Waals surface area contributed by atoms with Crippen LogP contribution < -0.4 is 26.6 Å². The van der Waals surface area contributed by atoms with Gasteiger partial charge in [-0.2, -0.15) is 26.3 Å². The highest BCUT2D eigenvalue weighted by Crippen LogP contribution is 2.45. The minimum atomic E-state index is -4.54. The first-order chi connectivity index (χ1) is 44.1. The van der Waals surface area contributed by atoms with Crippen molar-refractivity contribution in [2.45, 2.75) is 260 Å². The van der Waals surface area contributed by atoms with Crippen LogP contribution in [-0.4, -0.2) is 220 Å². The second-order valence-electron chi connectivity index (χ2n) is 28.3. The third-order valence-corrected chi connectivity index (χ3v) is 22.4. The zero-order chi connectivity index (χ0) is 69.5. The lowest BCUT2D eigenvalue weighted by molar-refractivity contribution is -0.184. The molecule has 22 nitrogen and oxygen atoms in total. The number of carbonyl (C=O) groups excluding carboxylic acids is 11. The number of halogens is 7. The summed E-state index contributed by atoms with van der Waals surface area (Å²) in [7, 11) is 5.56. The lowest BCUT2D eigenvalue weighted by Crippen LogP contribution is -2.64. The van der Waals surface area contributed by atoms with Crippen molar-refractivity contribution < 1.29 is 79.1 Å². The molecule has 3 aliphatic heterocycles. The molecule has 0 aromatic heterocycles. The Hall–Kier alpha value is -5.96. The molecule has 7 aliphatic rings. The number of alkyl halides is 7. The molecule has 7 fully saturated rings. The first kappa shape index (κ1) is 75.4. The molecule has 94 heavy (non-hydrogen) atoms. The van der Waals surface area contributed by atoms with Gasteiger partial charge in [-0.05, 0) is 154 Å². The molecule has 530 valence electrons. The number of rotatable bonds is 8. The van der Waals surface area contributed by atoms with E-state index in [1.807, 2.05) is 0 Å². The first-order valence-electron chi connectivity index (χ1n) is 34.0. The highest BCUT2D eigenvalue weighted by molar-refractivity contribution is 6.20. The van der Waals surface area contributed by atoms with Crippen LogP contribution in [0.5, 0.6) is 0 Å². The third kappa shape index (κ3) is 18.0. The van der Waals surface area contributed by atoms with E-state index in [0.717, 1.165) is 22.6 Å². The van der Waals surface area contributed by atoms with Gasteiger partial charge in [0.25, 0.3) is 0 Å². The number of hydrogen-bond donors (Lipinski definition) is 5. The van der Waals surface area contributed by atoms with Gasteiger partial charge in [0.2, 0.25) is 65.0 Å². The molecule has 0 bridgehead atoms. The fourth-order valence-electron chi connectivity index (χ4n) is 15.3. The van der Waals surface area contributed by atoms with Gasteiger partial charge in [-0.15, -0.1) is 11.6 Å². The van der Waals surface area contributed by atoms with Crippen LogP contribution >= 0.6 is 11.6 Å². The normalized spacial score (nSPS) is 33.5. The van der Waals surface area contributed by atoms with Crippen LogP contribution in [0.4, 0.5) is 26.3 Å². The van der Waals surface area contributed by atoms with Crippen molar-refractivity contribution in [2.24, 2.45) is 35.5 Å². The van der Waals surface area contributed by atoms with Crippen LogP contribution in [0.2, 0.25) is 0 Å². The molecule has 0 aromatic rings. The van der Waals surface area contributed by atoms with Crippen molar-refractivity contribution in [1.29, 1.82) is 0 Å². The Kier molecular flexibility index (Phi) is 25.6. The number of carbonyl (C=O) groups is 11. The van der Waals surface area contributed by atoms with Crippen molar-refractivity contribution in [3.8, 4) is 0 Å². The zero-order valence-electron chi connectivity index (χ0n) is 55.9. The Morgan fingerprint density at radius 1 is 0.564 bits per heavy atom. The smallest absolute Gasteiger partial charge is 0.351 e. The Morgan fingerprint density at radius 3 is 1.74 bits per heavy atom. The lowest BCUT2D eigenvalue weighted by Gasteiger charge is -2.42. The maximum Gasteiger partial charge on any atom is 0.393 e. The van der Waals surface area contributed by atoms with Crippen molar-refractivity contribution in [1.82, 2.24) is 56.0 Å². The van der Waals surface area contributed by atoms with Crippen LogP contribution in [0, 0.1) is 35.5 Å². The van der Waals surface area contributed by atoms with Gasteiger partial charge in [0, 0.05) is 59.1 Å². The Morgan fingerprint density at radius 2 is 1.16 bits per heavy atom. The van der Waals surface area contributed by atoms with Crippen molar-refractivity contribution in [3.63, 3.8) is 0 Å². The number of hydrogen-bond acceptors (Lipinski definition) is 11. The van der Waals surface area contributed by atoms with E-state index >= 15 is 9.59 Å². The van der Waals surface area contributed by atoms with E-state index in [9.17, 15) is 69.5 Å². The molecule has 7 rings (SSSR count). The predicted octanol–water partition coefficient (Wildman–Crippen LogP) is 5.71. The van der Waals surface area contributed by atoms with Crippen LogP contribution in [0.25, 0.3) is 0 Å². The molecular weight excluding hydrogens is 1260 g/mol. The van der Waals surface area contributed by atoms with E-state index in [4.69, 9.17) is 11.6 Å². The van der Waals surface area contributed by atoms with Gasteiger partial charge >= 0.3 is 12.4 Å². The largest absolute Gasteiger partial charge is 0.393 e. The molecule has 13 atom stereocenters. The van der Waals surface area contributed by atoms with Crippen LogP contribution in [0.15, 0.2) is 0 Å². The second kappa shape index (κ2) is 31.9. The maximum absolute atomic E-state index is 15.2. The number of amides is 11. The minimum absolute atomic E-state index is 0.0366. The summed E-state index contributed by atoms with van der Waals surface area (Å²) in [4.78, 5) is 167. The first-order valence-corrected chi connectivity index (χ1v) is 34.5. The van der Waals surface area contributed by atoms with E-state index in [-0.39, 0.29) is 115 Å². The second-order valence-corrected chi connectivity index (χ2v) is 28.8. The van der Waals surface area contributed by atoms with Gasteiger partial charge in [-0.3, -0.25) is 52.7 Å². The molecule has 1 spiro atoms. The van der Waals surface area contributed by atoms with Crippen molar-refractivity contribution in [3.05, 3.63) is 0 Å². The summed E-state index contributed by atoms with van der Waals surface area (Å²) < 4.78 is 83.5. The molecule has 3 heterocycles. The van der Waals surface area contributed by atoms with Gasteiger partial charge in [0.05, 0.1) is 18.4 Å². The minimum Gasteiger partial charge on any atom is -0.351 e. The van der Waals surface area contributed by atoms with Gasteiger partial charge in [-0.1, -0.05) is 46.0 Å². The zero-order valence-corrected chi connectivity index (χ0v) is 56.7. The molecule has 29 heteroatoms.